The van der Waals surface area contributed by atoms with Crippen molar-refractivity contribution in [2.24, 2.45) is 0 Å². The van der Waals surface area contributed by atoms with Crippen LogP contribution in [0.3, 0.4) is 0 Å². The average molecular weight is 210 g/mol. The normalized spacial score (nSPS) is 1.33. The molecule has 4 heteroatoms. The van der Waals surface area contributed by atoms with E-state index >= 15 is 0 Å². The van der Waals surface area contributed by atoms with Crippen molar-refractivity contribution in [1.82, 2.24) is 0 Å². The molecule has 0 nitrogen and oxygen atoms in total. The van der Waals surface area contributed by atoms with E-state index in [1.807, 2.05) is 5.02 Å². The van der Waals surface area contributed by atoms with E-state index in [9.17, 15) is 0 Å². The smallest absolute Gasteiger partial charge is 0 e. The van der Waals surface area contributed by atoms with Crippen LogP contribution in [-0.2, 0) is 55.7 Å². The molecule has 0 aliphatic rings. The summed E-state index contributed by atoms with van der Waals surface area (Å²) in [6, 6.07) is 0. The maximum Gasteiger partial charge on any atom is 0 e. The standard InChI is InChI=1S/C2HS.3V/c1-2-3;;;/h1H;;;/q-1;;;. The summed E-state index contributed by atoms with van der Waals surface area (Å²) in [5.41, 5.74) is 0. The quantitative estimate of drug-likeness (QED) is 0.416. The van der Waals surface area contributed by atoms with E-state index in [-0.39, 0.29) is 55.7 Å². The first kappa shape index (κ1) is 25.5. The molecule has 0 amide bonds. The van der Waals surface area contributed by atoms with Crippen LogP contribution < -0.4 is 0 Å². The summed E-state index contributed by atoms with van der Waals surface area (Å²) in [7, 11) is 0. The minimum Gasteiger partial charge on any atom is -0.453 e. The van der Waals surface area contributed by atoms with Crippen LogP contribution >= 0.6 is 12.2 Å². The Kier molecular flexibility index (Phi) is 129. The first-order valence-electron chi connectivity index (χ1n) is 0.493. The van der Waals surface area contributed by atoms with E-state index in [1.165, 1.54) is 0 Å². The van der Waals surface area contributed by atoms with Gasteiger partial charge in [0.2, 0.25) is 0 Å². The summed E-state index contributed by atoms with van der Waals surface area (Å²) < 4.78 is 0. The number of hydrogen-bond acceptors (Lipinski definition) is 1. The molecule has 0 unspecified atom stereocenters. The fourth-order valence-electron chi connectivity index (χ4n) is 0. The van der Waals surface area contributed by atoms with Crippen molar-refractivity contribution >= 4 is 17.2 Å². The molecule has 0 aliphatic heterocycles. The van der Waals surface area contributed by atoms with Crippen LogP contribution in [0.5, 0.6) is 0 Å². The van der Waals surface area contributed by atoms with Crippen LogP contribution in [0.1, 0.15) is 0 Å². The Morgan fingerprint density at radius 3 is 1.17 bits per heavy atom. The molecular weight excluding hydrogens is 209 g/mol. The second kappa shape index (κ2) is 30.4. The molecule has 31 valence electrons. The van der Waals surface area contributed by atoms with Gasteiger partial charge in [0.1, 0.15) is 0 Å². The van der Waals surface area contributed by atoms with Crippen molar-refractivity contribution < 1.29 is 55.7 Å². The van der Waals surface area contributed by atoms with Crippen LogP contribution in [0.4, 0.5) is 0 Å². The summed E-state index contributed by atoms with van der Waals surface area (Å²) in [6.45, 7) is 4.41. The predicted octanol–water partition coefficient (Wildman–Crippen LogP) is 0.567. The van der Waals surface area contributed by atoms with Gasteiger partial charge in [-0.1, -0.05) is 12.2 Å². The summed E-state index contributed by atoms with van der Waals surface area (Å²) >= 11 is 3.92. The third kappa shape index (κ3) is 45.6. The zero-order valence-corrected chi connectivity index (χ0v) is 7.83. The van der Waals surface area contributed by atoms with Crippen molar-refractivity contribution in [2.75, 3.05) is 0 Å². The van der Waals surface area contributed by atoms with Crippen molar-refractivity contribution in [2.45, 2.75) is 0 Å². The fraction of sp³-hybridized carbons (Fsp3) is 0. The van der Waals surface area contributed by atoms with Gasteiger partial charge >= 0.3 is 0 Å². The number of rotatable bonds is 0. The molecule has 0 aromatic carbocycles. The second-order valence-electron chi connectivity index (χ2n) is 0.118. The molecule has 0 atom stereocenters. The van der Waals surface area contributed by atoms with E-state index in [1.54, 1.807) is 0 Å². The van der Waals surface area contributed by atoms with Gasteiger partial charge in [-0.3, -0.25) is 5.02 Å². The predicted molar refractivity (Wildman–Crippen MR) is 16.9 cm³/mol. The first-order valence-corrected chi connectivity index (χ1v) is 0.901. The fourth-order valence-corrected chi connectivity index (χ4v) is 0. The van der Waals surface area contributed by atoms with Gasteiger partial charge in [0.05, 0.1) is 0 Å². The largest absolute Gasteiger partial charge is 0.453 e. The SMILES string of the molecule is [CH-]=C=S.[V].[V].[V]. The summed E-state index contributed by atoms with van der Waals surface area (Å²) in [5, 5.41) is 1.83. The van der Waals surface area contributed by atoms with Gasteiger partial charge in [-0.2, -0.15) is 0 Å². The van der Waals surface area contributed by atoms with Gasteiger partial charge in [0.15, 0.2) is 0 Å². The van der Waals surface area contributed by atoms with Crippen molar-refractivity contribution in [3.8, 4) is 0 Å². The molecule has 0 saturated heterocycles. The monoisotopic (exact) mass is 210 g/mol. The molecule has 3 radical (unpaired) electrons. The Bertz CT molecular complexity index is 29.8. The minimum absolute atomic E-state index is 0. The summed E-state index contributed by atoms with van der Waals surface area (Å²) in [6.07, 6.45) is 0. The zero-order chi connectivity index (χ0) is 2.71. The maximum absolute atomic E-state index is 4.41. The van der Waals surface area contributed by atoms with Crippen molar-refractivity contribution in [3.63, 3.8) is 0 Å². The van der Waals surface area contributed by atoms with Gasteiger partial charge in [-0.15, -0.1) is 0 Å². The molecule has 0 saturated carbocycles. The molecule has 6 heavy (non-hydrogen) atoms. The Morgan fingerprint density at radius 1 is 1.17 bits per heavy atom. The Labute approximate surface area is 78.8 Å². The van der Waals surface area contributed by atoms with Crippen LogP contribution in [0.15, 0.2) is 0 Å². The van der Waals surface area contributed by atoms with Gasteiger partial charge in [0.25, 0.3) is 0 Å². The van der Waals surface area contributed by atoms with Crippen molar-refractivity contribution in [3.05, 3.63) is 6.58 Å². The van der Waals surface area contributed by atoms with E-state index in [2.05, 4.69) is 18.8 Å². The summed E-state index contributed by atoms with van der Waals surface area (Å²) in [5.74, 6) is 0. The topological polar surface area (TPSA) is 0 Å². The molecule has 0 spiro atoms. The zero-order valence-electron chi connectivity index (χ0n) is 2.83. The number of hydrogen-bond donors (Lipinski definition) is 0. The van der Waals surface area contributed by atoms with Crippen LogP contribution in [0.25, 0.3) is 0 Å². The molecule has 0 aromatic heterocycles. The first-order chi connectivity index (χ1) is 1.41. The average Bonchev–Trinajstić information content (AvgIpc) is 0.918. The maximum atomic E-state index is 4.41. The molecule has 0 bridgehead atoms. The van der Waals surface area contributed by atoms with E-state index in [0.29, 0.717) is 0 Å². The van der Waals surface area contributed by atoms with E-state index in [0.717, 1.165) is 0 Å². The van der Waals surface area contributed by atoms with Gasteiger partial charge in [-0.05, 0) is 0 Å². The summed E-state index contributed by atoms with van der Waals surface area (Å²) in [4.78, 5) is 0. The van der Waals surface area contributed by atoms with Gasteiger partial charge in [-0.25, -0.2) is 0 Å². The number of thiocarbonyl (C=S) groups is 1. The van der Waals surface area contributed by atoms with Crippen molar-refractivity contribution in [1.29, 1.82) is 0 Å². The Morgan fingerprint density at radius 2 is 1.17 bits per heavy atom. The van der Waals surface area contributed by atoms with Gasteiger partial charge < -0.3 is 6.58 Å². The minimum atomic E-state index is 0. The molecule has 0 heterocycles. The second-order valence-corrected chi connectivity index (χ2v) is 0.354. The Hall–Kier alpha value is 1.62. The van der Waals surface area contributed by atoms with Crippen LogP contribution in [0, 0.1) is 6.58 Å². The van der Waals surface area contributed by atoms with Gasteiger partial charge in [0, 0.05) is 55.7 Å². The third-order valence-electron chi connectivity index (χ3n) is 0. The molecule has 0 aliphatic carbocycles. The van der Waals surface area contributed by atoms with E-state index < -0.39 is 0 Å². The molecule has 0 fully saturated rings. The Balaban J connectivity index is -0.00000000667. The van der Waals surface area contributed by atoms with Crippen LogP contribution in [0.2, 0.25) is 0 Å². The molecule has 0 N–H and O–H groups in total. The third-order valence-corrected chi connectivity index (χ3v) is 0. The molecule has 0 aromatic rings. The molecule has 0 rings (SSSR count). The van der Waals surface area contributed by atoms with E-state index in [4.69, 9.17) is 0 Å². The van der Waals surface area contributed by atoms with Crippen LogP contribution in [-0.4, -0.2) is 5.02 Å². The molecular formula is C2HSV3-.